The van der Waals surface area contributed by atoms with Crippen LogP contribution in [0, 0.1) is 5.82 Å². The lowest BCUT2D eigenvalue weighted by atomic mass is 10.1. The van der Waals surface area contributed by atoms with E-state index in [2.05, 4.69) is 6.92 Å². The topological polar surface area (TPSA) is 26.3 Å². The van der Waals surface area contributed by atoms with Crippen LogP contribution in [-0.2, 0) is 4.74 Å². The summed E-state index contributed by atoms with van der Waals surface area (Å²) in [5, 5.41) is 0. The van der Waals surface area contributed by atoms with Gasteiger partial charge >= 0.3 is 0 Å². The van der Waals surface area contributed by atoms with Crippen molar-refractivity contribution < 1.29 is 13.9 Å². The van der Waals surface area contributed by atoms with Gasteiger partial charge in [-0.1, -0.05) is 26.2 Å². The van der Waals surface area contributed by atoms with Crippen LogP contribution >= 0.6 is 0 Å². The van der Waals surface area contributed by atoms with E-state index >= 15 is 0 Å². The molecule has 0 atom stereocenters. The van der Waals surface area contributed by atoms with Gasteiger partial charge < -0.3 is 4.74 Å². The minimum atomic E-state index is -0.321. The lowest BCUT2D eigenvalue weighted by molar-refractivity contribution is 0.0871. The monoisotopic (exact) mass is 252 g/mol. The Hall–Kier alpha value is -1.22. The van der Waals surface area contributed by atoms with Gasteiger partial charge in [-0.3, -0.25) is 4.79 Å². The molecule has 18 heavy (non-hydrogen) atoms. The molecule has 0 aliphatic rings. The molecular formula is C15H21FO2. The first-order valence-electron chi connectivity index (χ1n) is 6.60. The number of carbonyl (C=O) groups excluding carboxylic acids is 1. The van der Waals surface area contributed by atoms with Crippen molar-refractivity contribution in [1.82, 2.24) is 0 Å². The van der Waals surface area contributed by atoms with Crippen LogP contribution in [0.5, 0.6) is 0 Å². The number of Topliss-reactive ketones (excluding diaryl/α,β-unsaturated/α-hetero) is 1. The average Bonchev–Trinajstić information content (AvgIpc) is 2.38. The van der Waals surface area contributed by atoms with Crippen molar-refractivity contribution in [3.63, 3.8) is 0 Å². The molecule has 100 valence electrons. The van der Waals surface area contributed by atoms with Gasteiger partial charge in [0.25, 0.3) is 0 Å². The predicted molar refractivity (Wildman–Crippen MR) is 70.3 cm³/mol. The molecule has 1 rings (SSSR count). The van der Waals surface area contributed by atoms with Gasteiger partial charge in [0.2, 0.25) is 0 Å². The fraction of sp³-hybridized carbons (Fsp3) is 0.533. The van der Waals surface area contributed by atoms with Crippen LogP contribution in [0.3, 0.4) is 0 Å². The van der Waals surface area contributed by atoms with Crippen LogP contribution in [0.2, 0.25) is 0 Å². The zero-order chi connectivity index (χ0) is 13.2. The van der Waals surface area contributed by atoms with E-state index < -0.39 is 0 Å². The van der Waals surface area contributed by atoms with Crippen LogP contribution in [0.4, 0.5) is 4.39 Å². The number of unbranched alkanes of at least 4 members (excludes halogenated alkanes) is 3. The van der Waals surface area contributed by atoms with Crippen molar-refractivity contribution >= 4 is 5.78 Å². The number of halogens is 1. The quantitative estimate of drug-likeness (QED) is 0.490. The molecule has 0 unspecified atom stereocenters. The Balaban J connectivity index is 2.12. The standard InChI is InChI=1S/C15H21FO2/c1-2-3-4-5-11-18-12-10-15(17)13-6-8-14(16)9-7-13/h6-9H,2-5,10-12H2,1H3. The van der Waals surface area contributed by atoms with Gasteiger partial charge in [0, 0.05) is 18.6 Å². The molecule has 0 radical (unpaired) electrons. The van der Waals surface area contributed by atoms with E-state index in [1.807, 2.05) is 0 Å². The molecule has 0 spiro atoms. The summed E-state index contributed by atoms with van der Waals surface area (Å²) < 4.78 is 18.1. The molecular weight excluding hydrogens is 231 g/mol. The van der Waals surface area contributed by atoms with Gasteiger partial charge in [-0.05, 0) is 30.7 Å². The second-order valence-electron chi connectivity index (χ2n) is 4.35. The van der Waals surface area contributed by atoms with Gasteiger partial charge in [0.1, 0.15) is 5.82 Å². The SMILES string of the molecule is CCCCCCOCCC(=O)c1ccc(F)cc1. The van der Waals surface area contributed by atoms with E-state index in [1.54, 1.807) is 0 Å². The van der Waals surface area contributed by atoms with Crippen molar-refractivity contribution in [3.8, 4) is 0 Å². The summed E-state index contributed by atoms with van der Waals surface area (Å²) in [6.45, 7) is 3.33. The Labute approximate surface area is 108 Å². The summed E-state index contributed by atoms with van der Waals surface area (Å²) in [6, 6.07) is 5.63. The van der Waals surface area contributed by atoms with Gasteiger partial charge in [-0.15, -0.1) is 0 Å². The molecule has 0 N–H and O–H groups in total. The predicted octanol–water partition coefficient (Wildman–Crippen LogP) is 4.00. The Kier molecular flexibility index (Phi) is 7.26. The highest BCUT2D eigenvalue weighted by molar-refractivity contribution is 5.96. The number of ketones is 1. The van der Waals surface area contributed by atoms with E-state index in [4.69, 9.17) is 4.74 Å². The zero-order valence-electron chi connectivity index (χ0n) is 11.0. The lowest BCUT2D eigenvalue weighted by Crippen LogP contribution is -2.05. The van der Waals surface area contributed by atoms with Crippen LogP contribution in [0.15, 0.2) is 24.3 Å². The number of ether oxygens (including phenoxy) is 1. The summed E-state index contributed by atoms with van der Waals surface area (Å²) in [5.41, 5.74) is 0.547. The maximum absolute atomic E-state index is 12.7. The van der Waals surface area contributed by atoms with Crippen molar-refractivity contribution in [1.29, 1.82) is 0 Å². The van der Waals surface area contributed by atoms with Gasteiger partial charge in [-0.25, -0.2) is 4.39 Å². The fourth-order valence-corrected chi connectivity index (χ4v) is 1.68. The number of hydrogen-bond donors (Lipinski definition) is 0. The molecule has 0 amide bonds. The summed E-state index contributed by atoms with van der Waals surface area (Å²) in [7, 11) is 0. The second kappa shape index (κ2) is 8.81. The van der Waals surface area contributed by atoms with Crippen molar-refractivity contribution in [2.24, 2.45) is 0 Å². The smallest absolute Gasteiger partial charge is 0.165 e. The molecule has 0 aliphatic heterocycles. The normalized spacial score (nSPS) is 10.6. The first-order chi connectivity index (χ1) is 8.74. The van der Waals surface area contributed by atoms with Crippen LogP contribution in [-0.4, -0.2) is 19.0 Å². The maximum atomic E-state index is 12.7. The van der Waals surface area contributed by atoms with Crippen molar-refractivity contribution in [3.05, 3.63) is 35.6 Å². The number of rotatable bonds is 9. The second-order valence-corrected chi connectivity index (χ2v) is 4.35. The summed E-state index contributed by atoms with van der Waals surface area (Å²) in [5.74, 6) is -0.317. The number of benzene rings is 1. The first kappa shape index (κ1) is 14.8. The Bertz CT molecular complexity index is 346. The molecule has 0 aliphatic carbocycles. The van der Waals surface area contributed by atoms with Gasteiger partial charge in [0.05, 0.1) is 6.61 Å². The third-order valence-electron chi connectivity index (χ3n) is 2.78. The molecule has 1 aromatic carbocycles. The van der Waals surface area contributed by atoms with Crippen LogP contribution < -0.4 is 0 Å². The van der Waals surface area contributed by atoms with E-state index in [1.165, 1.54) is 43.5 Å². The lowest BCUT2D eigenvalue weighted by Gasteiger charge is -2.04. The zero-order valence-corrected chi connectivity index (χ0v) is 11.0. The highest BCUT2D eigenvalue weighted by Gasteiger charge is 2.05. The highest BCUT2D eigenvalue weighted by Crippen LogP contribution is 2.06. The molecule has 3 heteroatoms. The molecule has 0 fully saturated rings. The van der Waals surface area contributed by atoms with E-state index in [0.717, 1.165) is 13.0 Å². The van der Waals surface area contributed by atoms with E-state index in [-0.39, 0.29) is 11.6 Å². The molecule has 0 saturated heterocycles. The Morgan fingerprint density at radius 1 is 1.11 bits per heavy atom. The number of hydrogen-bond acceptors (Lipinski definition) is 2. The minimum Gasteiger partial charge on any atom is -0.381 e. The summed E-state index contributed by atoms with van der Waals surface area (Å²) in [6.07, 6.45) is 5.04. The molecule has 1 aromatic rings. The van der Waals surface area contributed by atoms with Crippen LogP contribution in [0.1, 0.15) is 49.4 Å². The largest absolute Gasteiger partial charge is 0.381 e. The Morgan fingerprint density at radius 2 is 1.83 bits per heavy atom. The molecule has 0 heterocycles. The first-order valence-corrected chi connectivity index (χ1v) is 6.60. The van der Waals surface area contributed by atoms with E-state index in [9.17, 15) is 9.18 Å². The number of carbonyl (C=O) groups is 1. The molecule has 0 bridgehead atoms. The summed E-state index contributed by atoms with van der Waals surface area (Å²) >= 11 is 0. The molecule has 0 aromatic heterocycles. The minimum absolute atomic E-state index is 0.00329. The average molecular weight is 252 g/mol. The van der Waals surface area contributed by atoms with Gasteiger partial charge in [-0.2, -0.15) is 0 Å². The highest BCUT2D eigenvalue weighted by atomic mass is 19.1. The Morgan fingerprint density at radius 3 is 2.50 bits per heavy atom. The van der Waals surface area contributed by atoms with Crippen molar-refractivity contribution in [2.75, 3.05) is 13.2 Å². The van der Waals surface area contributed by atoms with Crippen molar-refractivity contribution in [2.45, 2.75) is 39.0 Å². The third kappa shape index (κ3) is 5.92. The van der Waals surface area contributed by atoms with Crippen LogP contribution in [0.25, 0.3) is 0 Å². The van der Waals surface area contributed by atoms with Gasteiger partial charge in [0.15, 0.2) is 5.78 Å². The molecule has 2 nitrogen and oxygen atoms in total. The molecule has 0 saturated carbocycles. The maximum Gasteiger partial charge on any atom is 0.165 e. The third-order valence-corrected chi connectivity index (χ3v) is 2.78. The fourth-order valence-electron chi connectivity index (χ4n) is 1.68. The van der Waals surface area contributed by atoms with E-state index in [0.29, 0.717) is 18.6 Å². The summed E-state index contributed by atoms with van der Waals surface area (Å²) in [4.78, 5) is 11.7.